The summed E-state index contributed by atoms with van der Waals surface area (Å²) in [6.45, 7) is 4.52. The highest BCUT2D eigenvalue weighted by Crippen LogP contribution is 2.29. The van der Waals surface area contributed by atoms with E-state index in [0.717, 1.165) is 0 Å². The van der Waals surface area contributed by atoms with Gasteiger partial charge in [0.2, 0.25) is 0 Å². The normalized spacial score (nSPS) is 29.6. The van der Waals surface area contributed by atoms with Crippen LogP contribution in [0, 0.1) is 6.92 Å². The number of H-pyrrole nitrogens is 1. The highest BCUT2D eigenvalue weighted by atomic mass is 15.2. The molecule has 1 aliphatic carbocycles. The third kappa shape index (κ3) is 2.51. The number of nitrogens with one attached hydrogen (secondary N) is 1. The van der Waals surface area contributed by atoms with Crippen molar-refractivity contribution < 1.29 is 0 Å². The van der Waals surface area contributed by atoms with Crippen LogP contribution >= 0.6 is 0 Å². The first-order valence-electron chi connectivity index (χ1n) is 7.25. The Hall–Kier alpha value is -1.09. The minimum Gasteiger partial charge on any atom is -0.296 e. The fraction of sp³-hybridized carbons (Fsp3) is 0.667. The van der Waals surface area contributed by atoms with E-state index in [9.17, 15) is 0 Å². The summed E-state index contributed by atoms with van der Waals surface area (Å²) in [4.78, 5) is 2.66. The lowest BCUT2D eigenvalue weighted by atomic mass is 9.91. The van der Waals surface area contributed by atoms with Crippen LogP contribution in [0.5, 0.6) is 0 Å². The van der Waals surface area contributed by atoms with Gasteiger partial charge in [-0.25, -0.2) is 0 Å². The lowest BCUT2D eigenvalue weighted by Gasteiger charge is -2.37. The summed E-state index contributed by atoms with van der Waals surface area (Å²) < 4.78 is 0. The van der Waals surface area contributed by atoms with E-state index in [-0.39, 0.29) is 0 Å². The molecule has 0 spiro atoms. The number of hydrogen-bond donors (Lipinski definition) is 1. The van der Waals surface area contributed by atoms with Crippen LogP contribution in [0.1, 0.15) is 49.4 Å². The monoisotopic (exact) mass is 245 g/mol. The van der Waals surface area contributed by atoms with E-state index in [1.807, 2.05) is 0 Å². The Bertz CT molecular complexity index is 421. The number of rotatable bonds is 2. The van der Waals surface area contributed by atoms with E-state index in [4.69, 9.17) is 0 Å². The van der Waals surface area contributed by atoms with E-state index >= 15 is 0 Å². The molecule has 0 radical (unpaired) electrons. The van der Waals surface area contributed by atoms with Crippen LogP contribution in [0.15, 0.2) is 18.2 Å². The Morgan fingerprint density at radius 2 is 2.28 bits per heavy atom. The van der Waals surface area contributed by atoms with Gasteiger partial charge in [-0.3, -0.25) is 10.00 Å². The molecule has 3 rings (SSSR count). The quantitative estimate of drug-likeness (QED) is 0.812. The van der Waals surface area contributed by atoms with Gasteiger partial charge in [-0.2, -0.15) is 5.10 Å². The van der Waals surface area contributed by atoms with Crippen molar-refractivity contribution in [1.82, 2.24) is 15.1 Å². The molecule has 2 aliphatic rings. The molecule has 0 saturated carbocycles. The van der Waals surface area contributed by atoms with E-state index in [1.54, 1.807) is 0 Å². The van der Waals surface area contributed by atoms with Gasteiger partial charge in [-0.05, 0) is 51.6 Å². The zero-order chi connectivity index (χ0) is 12.4. The van der Waals surface area contributed by atoms with Crippen LogP contribution in [-0.2, 0) is 0 Å². The van der Waals surface area contributed by atoms with Crippen molar-refractivity contribution in [2.24, 2.45) is 0 Å². The van der Waals surface area contributed by atoms with Crippen molar-refractivity contribution in [3.8, 4) is 0 Å². The molecule has 1 saturated heterocycles. The van der Waals surface area contributed by atoms with E-state index in [1.165, 1.54) is 56.6 Å². The van der Waals surface area contributed by atoms with E-state index in [2.05, 4.69) is 40.2 Å². The van der Waals surface area contributed by atoms with Gasteiger partial charge in [0.25, 0.3) is 0 Å². The van der Waals surface area contributed by atoms with Gasteiger partial charge in [0.05, 0.1) is 5.69 Å². The highest BCUT2D eigenvalue weighted by Gasteiger charge is 2.27. The molecule has 1 aliphatic heterocycles. The predicted molar refractivity (Wildman–Crippen MR) is 73.7 cm³/mol. The van der Waals surface area contributed by atoms with Crippen molar-refractivity contribution in [3.63, 3.8) is 0 Å². The Balaban J connectivity index is 1.68. The van der Waals surface area contributed by atoms with Gasteiger partial charge in [0, 0.05) is 24.2 Å². The third-order valence-corrected chi connectivity index (χ3v) is 4.29. The first kappa shape index (κ1) is 12.0. The summed E-state index contributed by atoms with van der Waals surface area (Å²) in [5.74, 6) is 0.624. The minimum absolute atomic E-state index is 0.624. The maximum absolute atomic E-state index is 4.45. The molecule has 1 fully saturated rings. The van der Waals surface area contributed by atoms with Crippen molar-refractivity contribution in [3.05, 3.63) is 29.6 Å². The molecule has 0 unspecified atom stereocenters. The van der Waals surface area contributed by atoms with Crippen molar-refractivity contribution in [2.75, 3.05) is 13.1 Å². The molecule has 1 N–H and O–H groups in total. The number of aromatic nitrogens is 2. The Morgan fingerprint density at radius 3 is 3.00 bits per heavy atom. The summed E-state index contributed by atoms with van der Waals surface area (Å²) in [6, 6.07) is 2.90. The average molecular weight is 245 g/mol. The smallest absolute Gasteiger partial charge is 0.0668 e. The van der Waals surface area contributed by atoms with Gasteiger partial charge in [0.15, 0.2) is 0 Å². The summed E-state index contributed by atoms with van der Waals surface area (Å²) in [7, 11) is 0. The molecule has 98 valence electrons. The van der Waals surface area contributed by atoms with Crippen LogP contribution in [0.4, 0.5) is 0 Å². The molecule has 2 atom stereocenters. The van der Waals surface area contributed by atoms with E-state index in [0.29, 0.717) is 12.0 Å². The number of aryl methyl sites for hydroxylation is 1. The summed E-state index contributed by atoms with van der Waals surface area (Å²) in [5, 5.41) is 7.53. The van der Waals surface area contributed by atoms with Gasteiger partial charge >= 0.3 is 0 Å². The number of likely N-dealkylation sites (tertiary alicyclic amines) is 1. The molecule has 0 aromatic carbocycles. The van der Waals surface area contributed by atoms with E-state index < -0.39 is 0 Å². The minimum atomic E-state index is 0.624. The maximum Gasteiger partial charge on any atom is 0.0668 e. The fourth-order valence-electron chi connectivity index (χ4n) is 3.30. The highest BCUT2D eigenvalue weighted by molar-refractivity contribution is 5.14. The Kier molecular flexibility index (Phi) is 3.50. The summed E-state index contributed by atoms with van der Waals surface area (Å²) >= 11 is 0. The van der Waals surface area contributed by atoms with Crippen molar-refractivity contribution in [2.45, 2.75) is 51.0 Å². The Morgan fingerprint density at radius 1 is 1.33 bits per heavy atom. The predicted octanol–water partition coefficient (Wildman–Crippen LogP) is 3.01. The summed E-state index contributed by atoms with van der Waals surface area (Å²) in [6.07, 6.45) is 11.3. The Labute approximate surface area is 109 Å². The molecular weight excluding hydrogens is 222 g/mol. The lowest BCUT2D eigenvalue weighted by molar-refractivity contribution is 0.161. The van der Waals surface area contributed by atoms with Gasteiger partial charge in [-0.15, -0.1) is 0 Å². The van der Waals surface area contributed by atoms with Gasteiger partial charge < -0.3 is 0 Å². The number of nitrogens with zero attached hydrogens (tertiary/aromatic N) is 2. The van der Waals surface area contributed by atoms with Crippen molar-refractivity contribution >= 4 is 0 Å². The second-order valence-electron chi connectivity index (χ2n) is 5.74. The molecule has 0 amide bonds. The lowest BCUT2D eigenvalue weighted by Crippen LogP contribution is -2.41. The zero-order valence-corrected chi connectivity index (χ0v) is 11.2. The topological polar surface area (TPSA) is 31.9 Å². The van der Waals surface area contributed by atoms with Crippen molar-refractivity contribution in [1.29, 1.82) is 0 Å². The number of allylic oxidation sites excluding steroid dienone is 1. The van der Waals surface area contributed by atoms with Crippen LogP contribution in [0.25, 0.3) is 0 Å². The molecule has 3 heteroatoms. The molecule has 0 bridgehead atoms. The molecule has 3 nitrogen and oxygen atoms in total. The molecule has 18 heavy (non-hydrogen) atoms. The third-order valence-electron chi connectivity index (χ3n) is 4.29. The maximum atomic E-state index is 4.45. The fourth-order valence-corrected chi connectivity index (χ4v) is 3.30. The van der Waals surface area contributed by atoms with Crippen LogP contribution < -0.4 is 0 Å². The average Bonchev–Trinajstić information content (AvgIpc) is 2.87. The molecule has 2 heterocycles. The number of piperidine rings is 1. The molecular formula is C15H23N3. The molecule has 1 aromatic heterocycles. The standard InChI is InChI=1S/C15H23N3/c1-12-10-15(17-16-12)13-6-5-9-18(11-13)14-7-3-2-4-8-14/h3,7,10,13-14H,2,4-6,8-9,11H2,1H3,(H,16,17)/t13-,14+/m0/s1. The SMILES string of the molecule is Cc1cc([C@H]2CCCN([C@@H]3C=CCCC3)C2)n[nH]1. The van der Waals surface area contributed by atoms with Crippen LogP contribution in [0.2, 0.25) is 0 Å². The summed E-state index contributed by atoms with van der Waals surface area (Å²) in [5.41, 5.74) is 2.44. The van der Waals surface area contributed by atoms with Gasteiger partial charge in [-0.1, -0.05) is 12.2 Å². The molecule has 1 aromatic rings. The second kappa shape index (κ2) is 5.27. The largest absolute Gasteiger partial charge is 0.296 e. The second-order valence-corrected chi connectivity index (χ2v) is 5.74. The van der Waals surface area contributed by atoms with Crippen LogP contribution in [0.3, 0.4) is 0 Å². The zero-order valence-electron chi connectivity index (χ0n) is 11.2. The first-order valence-corrected chi connectivity index (χ1v) is 7.25. The first-order chi connectivity index (χ1) is 8.83. The van der Waals surface area contributed by atoms with Crippen LogP contribution in [-0.4, -0.2) is 34.2 Å². The number of aromatic amines is 1. The number of hydrogen-bond acceptors (Lipinski definition) is 2. The van der Waals surface area contributed by atoms with Gasteiger partial charge in [0.1, 0.15) is 0 Å².